The third-order valence-electron chi connectivity index (χ3n) is 3.30. The van der Waals surface area contributed by atoms with Crippen LogP contribution in [0.3, 0.4) is 0 Å². The lowest BCUT2D eigenvalue weighted by Crippen LogP contribution is -2.28. The van der Waals surface area contributed by atoms with Crippen molar-refractivity contribution in [1.29, 1.82) is 0 Å². The van der Waals surface area contributed by atoms with E-state index in [0.29, 0.717) is 13.1 Å². The van der Waals surface area contributed by atoms with E-state index in [-0.39, 0.29) is 17.1 Å². The Balaban J connectivity index is 3.12. The number of nitrogens with zero attached hydrogens (tertiary/aromatic N) is 2. The maximum Gasteiger partial charge on any atom is 0.170 e. The second kappa shape index (κ2) is 8.44. The summed E-state index contributed by atoms with van der Waals surface area (Å²) in [5.41, 5.74) is 5.37. The van der Waals surface area contributed by atoms with Crippen molar-refractivity contribution < 1.29 is 14.0 Å². The van der Waals surface area contributed by atoms with Crippen molar-refractivity contribution in [2.75, 3.05) is 18.0 Å². The highest BCUT2D eigenvalue weighted by molar-refractivity contribution is 5.97. The lowest BCUT2D eigenvalue weighted by Gasteiger charge is -2.26. The first-order valence-corrected chi connectivity index (χ1v) is 7.27. The van der Waals surface area contributed by atoms with Crippen molar-refractivity contribution in [3.63, 3.8) is 0 Å². The van der Waals surface area contributed by atoms with E-state index >= 15 is 0 Å². The van der Waals surface area contributed by atoms with Crippen LogP contribution in [0, 0.1) is 11.6 Å². The molecule has 21 heavy (non-hydrogen) atoms. The number of hydrogen-bond donors (Lipinski definition) is 2. The van der Waals surface area contributed by atoms with E-state index < -0.39 is 11.6 Å². The SMILES string of the molecule is CCCCN(CCCC)c1c(F)cc(C(N)=NO)cc1F. The molecule has 0 aliphatic rings. The number of oxime groups is 1. The fraction of sp³-hybridized carbons (Fsp3) is 0.533. The Kier molecular flexibility index (Phi) is 6.91. The van der Waals surface area contributed by atoms with Gasteiger partial charge in [0, 0.05) is 18.7 Å². The van der Waals surface area contributed by atoms with Crippen LogP contribution in [0.5, 0.6) is 0 Å². The molecule has 0 aliphatic heterocycles. The van der Waals surface area contributed by atoms with Gasteiger partial charge in [-0.05, 0) is 25.0 Å². The average Bonchev–Trinajstić information content (AvgIpc) is 2.47. The summed E-state index contributed by atoms with van der Waals surface area (Å²) in [7, 11) is 0. The molecule has 4 nitrogen and oxygen atoms in total. The van der Waals surface area contributed by atoms with Gasteiger partial charge in [-0.15, -0.1) is 0 Å². The second-order valence-electron chi connectivity index (χ2n) is 4.97. The zero-order valence-corrected chi connectivity index (χ0v) is 12.6. The summed E-state index contributed by atoms with van der Waals surface area (Å²) in [5.74, 6) is -1.69. The second-order valence-corrected chi connectivity index (χ2v) is 4.97. The maximum absolute atomic E-state index is 14.2. The van der Waals surface area contributed by atoms with Crippen LogP contribution in [0.1, 0.15) is 45.1 Å². The van der Waals surface area contributed by atoms with Crippen molar-refractivity contribution in [3.05, 3.63) is 29.3 Å². The largest absolute Gasteiger partial charge is 0.409 e. The van der Waals surface area contributed by atoms with Crippen LogP contribution in [-0.2, 0) is 0 Å². The molecule has 118 valence electrons. The maximum atomic E-state index is 14.2. The van der Waals surface area contributed by atoms with Crippen LogP contribution in [0.15, 0.2) is 17.3 Å². The predicted molar refractivity (Wildman–Crippen MR) is 80.9 cm³/mol. The molecular weight excluding hydrogens is 276 g/mol. The van der Waals surface area contributed by atoms with Crippen LogP contribution in [-0.4, -0.2) is 24.1 Å². The standard InChI is InChI=1S/C15H23F2N3O/c1-3-5-7-20(8-6-4-2)14-12(16)9-11(10-13(14)17)15(18)19-21/h9-10,21H,3-8H2,1-2H3,(H2,18,19). The molecule has 0 unspecified atom stereocenters. The summed E-state index contributed by atoms with van der Waals surface area (Å²) in [6.07, 6.45) is 3.64. The van der Waals surface area contributed by atoms with Gasteiger partial charge in [-0.3, -0.25) is 0 Å². The monoisotopic (exact) mass is 299 g/mol. The van der Waals surface area contributed by atoms with Gasteiger partial charge in [0.1, 0.15) is 17.3 Å². The van der Waals surface area contributed by atoms with Gasteiger partial charge in [-0.25, -0.2) is 8.78 Å². The molecule has 1 aromatic carbocycles. The van der Waals surface area contributed by atoms with Crippen LogP contribution < -0.4 is 10.6 Å². The van der Waals surface area contributed by atoms with Crippen molar-refractivity contribution in [1.82, 2.24) is 0 Å². The van der Waals surface area contributed by atoms with E-state index in [0.717, 1.165) is 37.8 Å². The lowest BCUT2D eigenvalue weighted by molar-refractivity contribution is 0.318. The quantitative estimate of drug-likeness (QED) is 0.334. The zero-order valence-electron chi connectivity index (χ0n) is 12.6. The smallest absolute Gasteiger partial charge is 0.170 e. The minimum Gasteiger partial charge on any atom is -0.409 e. The number of nitrogens with two attached hydrogens (primary N) is 1. The first-order valence-electron chi connectivity index (χ1n) is 7.27. The Hall–Kier alpha value is -1.85. The van der Waals surface area contributed by atoms with E-state index in [1.54, 1.807) is 4.90 Å². The Morgan fingerprint density at radius 2 is 1.62 bits per heavy atom. The fourth-order valence-electron chi connectivity index (χ4n) is 2.11. The third kappa shape index (κ3) is 4.58. The number of amidine groups is 1. The highest BCUT2D eigenvalue weighted by atomic mass is 19.1. The Bertz CT molecular complexity index is 461. The zero-order chi connectivity index (χ0) is 15.8. The first kappa shape index (κ1) is 17.2. The van der Waals surface area contributed by atoms with Crippen molar-refractivity contribution in [2.45, 2.75) is 39.5 Å². The number of hydrogen-bond acceptors (Lipinski definition) is 3. The van der Waals surface area contributed by atoms with Gasteiger partial charge in [-0.1, -0.05) is 31.8 Å². The number of halogens is 2. The van der Waals surface area contributed by atoms with Crippen LogP contribution in [0.4, 0.5) is 14.5 Å². The molecule has 0 spiro atoms. The highest BCUT2D eigenvalue weighted by Crippen LogP contribution is 2.26. The lowest BCUT2D eigenvalue weighted by atomic mass is 10.1. The Morgan fingerprint density at radius 1 is 1.14 bits per heavy atom. The van der Waals surface area contributed by atoms with Gasteiger partial charge in [0.2, 0.25) is 0 Å². The summed E-state index contributed by atoms with van der Waals surface area (Å²) in [5, 5.41) is 11.4. The molecule has 0 amide bonds. The summed E-state index contributed by atoms with van der Waals surface area (Å²) >= 11 is 0. The normalized spacial score (nSPS) is 11.7. The van der Waals surface area contributed by atoms with E-state index in [2.05, 4.69) is 5.16 Å². The Labute approximate surface area is 124 Å². The molecule has 0 saturated carbocycles. The van der Waals surface area contributed by atoms with E-state index in [1.807, 2.05) is 13.8 Å². The Morgan fingerprint density at radius 3 is 2.00 bits per heavy atom. The molecule has 1 rings (SSSR count). The highest BCUT2D eigenvalue weighted by Gasteiger charge is 2.18. The average molecular weight is 299 g/mol. The predicted octanol–water partition coefficient (Wildman–Crippen LogP) is 3.47. The summed E-state index contributed by atoms with van der Waals surface area (Å²) in [4.78, 5) is 1.73. The summed E-state index contributed by atoms with van der Waals surface area (Å²) in [6.45, 7) is 5.28. The molecule has 0 aliphatic carbocycles. The van der Waals surface area contributed by atoms with Gasteiger partial charge >= 0.3 is 0 Å². The number of rotatable bonds is 8. The van der Waals surface area contributed by atoms with Crippen LogP contribution >= 0.6 is 0 Å². The van der Waals surface area contributed by atoms with E-state index in [1.165, 1.54) is 0 Å². The summed E-state index contributed by atoms with van der Waals surface area (Å²) < 4.78 is 28.5. The summed E-state index contributed by atoms with van der Waals surface area (Å²) in [6, 6.07) is 2.19. The molecule has 0 aromatic heterocycles. The molecule has 0 fully saturated rings. The molecule has 0 bridgehead atoms. The first-order chi connectivity index (χ1) is 10.0. The molecular formula is C15H23F2N3O. The number of benzene rings is 1. The molecule has 1 aromatic rings. The van der Waals surface area contributed by atoms with E-state index in [4.69, 9.17) is 10.9 Å². The van der Waals surface area contributed by atoms with Gasteiger partial charge in [0.05, 0.1) is 0 Å². The molecule has 0 saturated heterocycles. The minimum absolute atomic E-state index is 0.0298. The van der Waals surface area contributed by atoms with Gasteiger partial charge < -0.3 is 15.8 Å². The molecule has 0 radical (unpaired) electrons. The van der Waals surface area contributed by atoms with Gasteiger partial charge in [-0.2, -0.15) is 0 Å². The van der Waals surface area contributed by atoms with Gasteiger partial charge in [0.15, 0.2) is 5.84 Å². The topological polar surface area (TPSA) is 61.8 Å². The molecule has 6 heteroatoms. The molecule has 0 heterocycles. The van der Waals surface area contributed by atoms with Crippen molar-refractivity contribution in [2.24, 2.45) is 10.9 Å². The number of anilines is 1. The minimum atomic E-state index is -0.691. The third-order valence-corrected chi connectivity index (χ3v) is 3.30. The van der Waals surface area contributed by atoms with Gasteiger partial charge in [0.25, 0.3) is 0 Å². The molecule has 0 atom stereocenters. The van der Waals surface area contributed by atoms with Crippen LogP contribution in [0.2, 0.25) is 0 Å². The fourth-order valence-corrected chi connectivity index (χ4v) is 2.11. The van der Waals surface area contributed by atoms with E-state index in [9.17, 15) is 8.78 Å². The molecule has 3 N–H and O–H groups in total. The van der Waals surface area contributed by atoms with Crippen LogP contribution in [0.25, 0.3) is 0 Å². The van der Waals surface area contributed by atoms with Crippen molar-refractivity contribution in [3.8, 4) is 0 Å². The number of unbranched alkanes of at least 4 members (excludes halogenated alkanes) is 2. The van der Waals surface area contributed by atoms with Crippen molar-refractivity contribution >= 4 is 11.5 Å².